The Kier molecular flexibility index (Phi) is 5.33. The van der Waals surface area contributed by atoms with Crippen LogP contribution in [0.1, 0.15) is 25.5 Å². The molecule has 0 aliphatic carbocycles. The molecule has 0 fully saturated rings. The van der Waals surface area contributed by atoms with Crippen molar-refractivity contribution < 1.29 is 19.4 Å². The van der Waals surface area contributed by atoms with Gasteiger partial charge in [0.1, 0.15) is 5.69 Å². The van der Waals surface area contributed by atoms with Gasteiger partial charge in [-0.05, 0) is 25.5 Å². The summed E-state index contributed by atoms with van der Waals surface area (Å²) in [7, 11) is 3.07. The SMILES string of the molecule is CCCCN(C(N)=O)c1c(O)nc(C)c2cc(OC)c(OC)cc12. The molecule has 1 heterocycles. The number of pyridine rings is 1. The third kappa shape index (κ3) is 3.15. The summed E-state index contributed by atoms with van der Waals surface area (Å²) in [4.78, 5) is 17.4. The minimum Gasteiger partial charge on any atom is -0.493 e. The maximum absolute atomic E-state index is 11.9. The molecule has 130 valence electrons. The predicted molar refractivity (Wildman–Crippen MR) is 93.1 cm³/mol. The van der Waals surface area contributed by atoms with Crippen molar-refractivity contribution in [2.24, 2.45) is 5.73 Å². The first kappa shape index (κ1) is 17.7. The summed E-state index contributed by atoms with van der Waals surface area (Å²) in [6.45, 7) is 4.18. The van der Waals surface area contributed by atoms with E-state index in [2.05, 4.69) is 4.98 Å². The number of rotatable bonds is 6. The summed E-state index contributed by atoms with van der Waals surface area (Å²) >= 11 is 0. The van der Waals surface area contributed by atoms with Crippen LogP contribution in [0.3, 0.4) is 0 Å². The molecule has 0 aliphatic heterocycles. The topological polar surface area (TPSA) is 97.9 Å². The lowest BCUT2D eigenvalue weighted by molar-refractivity contribution is 0.253. The van der Waals surface area contributed by atoms with E-state index in [4.69, 9.17) is 15.2 Å². The summed E-state index contributed by atoms with van der Waals surface area (Å²) < 4.78 is 10.7. The highest BCUT2D eigenvalue weighted by molar-refractivity contribution is 6.06. The number of aromatic nitrogens is 1. The van der Waals surface area contributed by atoms with Crippen LogP contribution in [0.5, 0.6) is 17.4 Å². The number of fused-ring (bicyclic) bond motifs is 1. The lowest BCUT2D eigenvalue weighted by Crippen LogP contribution is -2.36. The molecule has 2 aromatic rings. The minimum atomic E-state index is -0.638. The van der Waals surface area contributed by atoms with Gasteiger partial charge < -0.3 is 20.3 Å². The fourth-order valence-electron chi connectivity index (χ4n) is 2.68. The Hall–Kier alpha value is -2.70. The number of nitrogens with zero attached hydrogens (tertiary/aromatic N) is 2. The second-order valence-corrected chi connectivity index (χ2v) is 5.47. The van der Waals surface area contributed by atoms with Crippen LogP contribution < -0.4 is 20.1 Å². The molecule has 0 atom stereocenters. The smallest absolute Gasteiger partial charge is 0.319 e. The number of anilines is 1. The van der Waals surface area contributed by atoms with Crippen LogP contribution in [0, 0.1) is 6.92 Å². The fraction of sp³-hybridized carbons (Fsp3) is 0.412. The zero-order valence-electron chi connectivity index (χ0n) is 14.4. The standard InChI is InChI=1S/C17H23N3O4/c1-5-6-7-20(17(18)22)15-12-9-14(24-4)13(23-3)8-11(12)10(2)19-16(15)21/h8-9H,5-7H2,1-4H3,(H2,18,22)(H,19,21). The Labute approximate surface area is 141 Å². The van der Waals surface area contributed by atoms with Crippen molar-refractivity contribution in [3.05, 3.63) is 17.8 Å². The Morgan fingerprint density at radius 2 is 1.83 bits per heavy atom. The number of aryl methyl sites for hydroxylation is 1. The van der Waals surface area contributed by atoms with Crippen LogP contribution in [-0.4, -0.2) is 36.9 Å². The molecule has 0 saturated heterocycles. The Bertz CT molecular complexity index is 761. The van der Waals surface area contributed by atoms with Gasteiger partial charge in [-0.3, -0.25) is 4.90 Å². The number of benzene rings is 1. The average molecular weight is 333 g/mol. The van der Waals surface area contributed by atoms with E-state index in [-0.39, 0.29) is 11.6 Å². The molecular formula is C17H23N3O4. The fourth-order valence-corrected chi connectivity index (χ4v) is 2.68. The van der Waals surface area contributed by atoms with E-state index >= 15 is 0 Å². The van der Waals surface area contributed by atoms with E-state index in [1.807, 2.05) is 6.92 Å². The van der Waals surface area contributed by atoms with Crippen molar-refractivity contribution in [1.82, 2.24) is 4.98 Å². The second kappa shape index (κ2) is 7.25. The Morgan fingerprint density at radius 3 is 2.33 bits per heavy atom. The average Bonchev–Trinajstić information content (AvgIpc) is 2.56. The van der Waals surface area contributed by atoms with Gasteiger partial charge in [0.05, 0.1) is 14.2 Å². The maximum atomic E-state index is 11.9. The lowest BCUT2D eigenvalue weighted by atomic mass is 10.1. The number of carbonyl (C=O) groups excluding carboxylic acids is 1. The molecule has 0 unspecified atom stereocenters. The summed E-state index contributed by atoms with van der Waals surface area (Å²) in [6.07, 6.45) is 1.64. The molecule has 3 N–H and O–H groups in total. The molecule has 24 heavy (non-hydrogen) atoms. The summed E-state index contributed by atoms with van der Waals surface area (Å²) in [5.41, 5.74) is 6.43. The first-order chi connectivity index (χ1) is 11.4. The monoisotopic (exact) mass is 333 g/mol. The quantitative estimate of drug-likeness (QED) is 0.847. The molecule has 2 rings (SSSR count). The zero-order chi connectivity index (χ0) is 17.9. The number of methoxy groups -OCH3 is 2. The number of primary amides is 1. The van der Waals surface area contributed by atoms with E-state index in [0.29, 0.717) is 29.1 Å². The van der Waals surface area contributed by atoms with E-state index in [1.165, 1.54) is 12.0 Å². The highest BCUT2D eigenvalue weighted by atomic mass is 16.5. The van der Waals surface area contributed by atoms with Gasteiger partial charge in [-0.1, -0.05) is 13.3 Å². The van der Waals surface area contributed by atoms with Crippen molar-refractivity contribution in [3.8, 4) is 17.4 Å². The third-order valence-electron chi connectivity index (χ3n) is 3.93. The minimum absolute atomic E-state index is 0.234. The number of unbranched alkanes of at least 4 members (excludes halogenated alkanes) is 1. The molecule has 1 aromatic carbocycles. The molecule has 7 nitrogen and oxygen atoms in total. The predicted octanol–water partition coefficient (Wildman–Crippen LogP) is 2.95. The summed E-state index contributed by atoms with van der Waals surface area (Å²) in [5, 5.41) is 11.8. The molecule has 7 heteroatoms. The van der Waals surface area contributed by atoms with Crippen LogP contribution in [0.15, 0.2) is 12.1 Å². The van der Waals surface area contributed by atoms with Gasteiger partial charge in [-0.25, -0.2) is 9.78 Å². The van der Waals surface area contributed by atoms with Crippen molar-refractivity contribution >= 4 is 22.5 Å². The van der Waals surface area contributed by atoms with Crippen LogP contribution in [0.4, 0.5) is 10.5 Å². The van der Waals surface area contributed by atoms with Crippen molar-refractivity contribution in [3.63, 3.8) is 0 Å². The molecular weight excluding hydrogens is 310 g/mol. The Balaban J connectivity index is 2.78. The van der Waals surface area contributed by atoms with Gasteiger partial charge in [0, 0.05) is 23.0 Å². The lowest BCUT2D eigenvalue weighted by Gasteiger charge is -2.23. The third-order valence-corrected chi connectivity index (χ3v) is 3.93. The van der Waals surface area contributed by atoms with Gasteiger partial charge in [0.25, 0.3) is 0 Å². The summed E-state index contributed by atoms with van der Waals surface area (Å²) in [5.74, 6) is 0.809. The van der Waals surface area contributed by atoms with E-state index in [9.17, 15) is 9.90 Å². The number of aromatic hydroxyl groups is 1. The molecule has 0 aliphatic rings. The van der Waals surface area contributed by atoms with E-state index in [0.717, 1.165) is 18.2 Å². The summed E-state index contributed by atoms with van der Waals surface area (Å²) in [6, 6.07) is 2.86. The van der Waals surface area contributed by atoms with Crippen molar-refractivity contribution in [1.29, 1.82) is 0 Å². The number of hydrogen-bond donors (Lipinski definition) is 2. The first-order valence-electron chi connectivity index (χ1n) is 7.76. The van der Waals surface area contributed by atoms with Gasteiger partial charge in [0.15, 0.2) is 11.5 Å². The number of nitrogens with two attached hydrogens (primary N) is 1. The van der Waals surface area contributed by atoms with Crippen molar-refractivity contribution in [2.75, 3.05) is 25.7 Å². The van der Waals surface area contributed by atoms with Crippen LogP contribution >= 0.6 is 0 Å². The largest absolute Gasteiger partial charge is 0.493 e. The highest BCUT2D eigenvalue weighted by Gasteiger charge is 2.23. The Morgan fingerprint density at radius 1 is 1.25 bits per heavy atom. The van der Waals surface area contributed by atoms with Crippen LogP contribution in [0.25, 0.3) is 10.8 Å². The number of urea groups is 1. The van der Waals surface area contributed by atoms with Gasteiger partial charge in [-0.15, -0.1) is 0 Å². The number of amides is 2. The molecule has 0 saturated carbocycles. The molecule has 0 radical (unpaired) electrons. The molecule has 0 spiro atoms. The van der Waals surface area contributed by atoms with E-state index in [1.54, 1.807) is 26.2 Å². The number of hydrogen-bond acceptors (Lipinski definition) is 5. The van der Waals surface area contributed by atoms with Gasteiger partial charge >= 0.3 is 6.03 Å². The van der Waals surface area contributed by atoms with Crippen molar-refractivity contribution in [2.45, 2.75) is 26.7 Å². The normalized spacial score (nSPS) is 10.7. The van der Waals surface area contributed by atoms with Crippen LogP contribution in [-0.2, 0) is 0 Å². The second-order valence-electron chi connectivity index (χ2n) is 5.47. The van der Waals surface area contributed by atoms with Gasteiger partial charge in [-0.2, -0.15) is 0 Å². The molecule has 0 bridgehead atoms. The first-order valence-corrected chi connectivity index (χ1v) is 7.76. The maximum Gasteiger partial charge on any atom is 0.319 e. The van der Waals surface area contributed by atoms with E-state index < -0.39 is 6.03 Å². The van der Waals surface area contributed by atoms with Gasteiger partial charge in [0.2, 0.25) is 5.88 Å². The number of carbonyl (C=O) groups is 1. The molecule has 2 amide bonds. The molecule has 1 aromatic heterocycles. The number of ether oxygens (including phenoxy) is 2. The highest BCUT2D eigenvalue weighted by Crippen LogP contribution is 2.41. The van der Waals surface area contributed by atoms with Crippen LogP contribution in [0.2, 0.25) is 0 Å². The zero-order valence-corrected chi connectivity index (χ0v) is 14.4.